The second-order valence-electron chi connectivity index (χ2n) is 7.41. The molecule has 0 saturated heterocycles. The Morgan fingerprint density at radius 1 is 0.722 bits per heavy atom. The predicted molar refractivity (Wildman–Crippen MR) is 133 cm³/mol. The maximum Gasteiger partial charge on any atom is 0.337 e. The molecule has 36 heavy (non-hydrogen) atoms. The smallest absolute Gasteiger partial charge is 0.337 e. The maximum atomic E-state index is 12.1. The molecule has 0 heterocycles. The normalized spacial score (nSPS) is 10.2. The molecule has 0 spiro atoms. The first-order chi connectivity index (χ1) is 17.3. The van der Waals surface area contributed by atoms with E-state index in [2.05, 4.69) is 15.4 Å². The summed E-state index contributed by atoms with van der Waals surface area (Å²) in [5, 5.41) is 5.82. The largest absolute Gasteiger partial charge is 0.465 e. The average Bonchev–Trinajstić information content (AvgIpc) is 2.88. The van der Waals surface area contributed by atoms with E-state index in [0.29, 0.717) is 33.5 Å². The second kappa shape index (κ2) is 12.9. The van der Waals surface area contributed by atoms with Gasteiger partial charge in [-0.3, -0.25) is 14.4 Å². The van der Waals surface area contributed by atoms with Gasteiger partial charge in [0.15, 0.2) is 6.61 Å². The Balaban J connectivity index is 1.35. The van der Waals surface area contributed by atoms with Gasteiger partial charge in [-0.25, -0.2) is 4.79 Å². The monoisotopic (exact) mass is 510 g/mol. The number of carbonyl (C=O) groups is 4. The van der Waals surface area contributed by atoms with Gasteiger partial charge in [0.25, 0.3) is 5.91 Å². The number of nitrogens with one attached hydrogen (secondary N) is 2. The molecular formula is C26H23ClN2O7. The standard InChI is InChI=1S/C26H23ClN2O7/c1-34-26(33)17-2-6-19(7-3-17)29-24(31)16-35-25(32)15-14-23(30)28-20-8-12-22(13-9-20)36-21-10-4-18(27)5-11-21/h2-13H,14-16H2,1H3,(H,28,30)(H,29,31). The average molecular weight is 511 g/mol. The third-order valence-corrected chi connectivity index (χ3v) is 4.95. The van der Waals surface area contributed by atoms with E-state index in [-0.39, 0.29) is 18.7 Å². The summed E-state index contributed by atoms with van der Waals surface area (Å²) in [6.07, 6.45) is -0.302. The zero-order chi connectivity index (χ0) is 25.9. The lowest BCUT2D eigenvalue weighted by Crippen LogP contribution is -2.21. The van der Waals surface area contributed by atoms with E-state index in [1.54, 1.807) is 48.5 Å². The summed E-state index contributed by atoms with van der Waals surface area (Å²) in [7, 11) is 1.27. The number of benzene rings is 3. The Hall–Kier alpha value is -4.37. The van der Waals surface area contributed by atoms with E-state index in [4.69, 9.17) is 21.1 Å². The number of methoxy groups -OCH3 is 1. The Kier molecular flexibility index (Phi) is 9.41. The highest BCUT2D eigenvalue weighted by Gasteiger charge is 2.12. The Bertz CT molecular complexity index is 1210. The molecular weight excluding hydrogens is 488 g/mol. The highest BCUT2D eigenvalue weighted by atomic mass is 35.5. The fraction of sp³-hybridized carbons (Fsp3) is 0.154. The summed E-state index contributed by atoms with van der Waals surface area (Å²) >= 11 is 5.85. The molecule has 0 radical (unpaired) electrons. The number of ether oxygens (including phenoxy) is 3. The van der Waals surface area contributed by atoms with Crippen molar-refractivity contribution in [1.29, 1.82) is 0 Å². The molecule has 0 atom stereocenters. The SMILES string of the molecule is COC(=O)c1ccc(NC(=O)COC(=O)CCC(=O)Nc2ccc(Oc3ccc(Cl)cc3)cc2)cc1. The van der Waals surface area contributed by atoms with Crippen molar-refractivity contribution in [3.8, 4) is 11.5 Å². The summed E-state index contributed by atoms with van der Waals surface area (Å²) < 4.78 is 15.2. The van der Waals surface area contributed by atoms with Crippen LogP contribution >= 0.6 is 11.6 Å². The quantitative estimate of drug-likeness (QED) is 0.375. The van der Waals surface area contributed by atoms with Crippen molar-refractivity contribution < 1.29 is 33.4 Å². The molecule has 0 aromatic heterocycles. The molecule has 9 nitrogen and oxygen atoms in total. The van der Waals surface area contributed by atoms with Crippen LogP contribution in [0.2, 0.25) is 5.02 Å². The highest BCUT2D eigenvalue weighted by Crippen LogP contribution is 2.24. The second-order valence-corrected chi connectivity index (χ2v) is 7.84. The molecule has 0 unspecified atom stereocenters. The van der Waals surface area contributed by atoms with Crippen LogP contribution in [0.15, 0.2) is 72.8 Å². The number of amides is 2. The fourth-order valence-corrected chi connectivity index (χ4v) is 3.03. The molecule has 10 heteroatoms. The van der Waals surface area contributed by atoms with Crippen LogP contribution in [-0.2, 0) is 23.9 Å². The zero-order valence-corrected chi connectivity index (χ0v) is 20.0. The molecule has 0 saturated carbocycles. The number of carbonyl (C=O) groups excluding carboxylic acids is 4. The molecule has 0 fully saturated rings. The van der Waals surface area contributed by atoms with Gasteiger partial charge in [-0.2, -0.15) is 0 Å². The van der Waals surface area contributed by atoms with E-state index in [1.165, 1.54) is 31.4 Å². The topological polar surface area (TPSA) is 120 Å². The van der Waals surface area contributed by atoms with E-state index >= 15 is 0 Å². The van der Waals surface area contributed by atoms with Crippen LogP contribution in [-0.4, -0.2) is 37.5 Å². The molecule has 0 aliphatic heterocycles. The number of rotatable bonds is 10. The summed E-state index contributed by atoms with van der Waals surface area (Å²) in [5.41, 5.74) is 1.30. The molecule has 2 amide bonds. The lowest BCUT2D eigenvalue weighted by atomic mass is 10.2. The minimum Gasteiger partial charge on any atom is -0.465 e. The first-order valence-corrected chi connectivity index (χ1v) is 11.2. The van der Waals surface area contributed by atoms with Gasteiger partial charge < -0.3 is 24.8 Å². The van der Waals surface area contributed by atoms with Crippen molar-refractivity contribution in [2.45, 2.75) is 12.8 Å². The number of hydrogen-bond acceptors (Lipinski definition) is 7. The highest BCUT2D eigenvalue weighted by molar-refractivity contribution is 6.30. The molecule has 3 rings (SSSR count). The van der Waals surface area contributed by atoms with Gasteiger partial charge >= 0.3 is 11.9 Å². The van der Waals surface area contributed by atoms with E-state index in [9.17, 15) is 19.2 Å². The van der Waals surface area contributed by atoms with Gasteiger partial charge in [-0.05, 0) is 72.8 Å². The van der Waals surface area contributed by atoms with Crippen LogP contribution in [0.25, 0.3) is 0 Å². The Morgan fingerprint density at radius 2 is 1.25 bits per heavy atom. The molecule has 0 bridgehead atoms. The van der Waals surface area contributed by atoms with Crippen molar-refractivity contribution in [1.82, 2.24) is 0 Å². The summed E-state index contributed by atoms with van der Waals surface area (Å²) in [6, 6.07) is 19.7. The van der Waals surface area contributed by atoms with Gasteiger partial charge in [-0.1, -0.05) is 11.6 Å². The predicted octanol–water partition coefficient (Wildman–Crippen LogP) is 4.82. The lowest BCUT2D eigenvalue weighted by molar-refractivity contribution is -0.147. The van der Waals surface area contributed by atoms with Gasteiger partial charge in [0.05, 0.1) is 19.1 Å². The number of halogens is 1. The van der Waals surface area contributed by atoms with Crippen LogP contribution in [0.4, 0.5) is 11.4 Å². The molecule has 0 aliphatic rings. The summed E-state index contributed by atoms with van der Waals surface area (Å²) in [5.74, 6) is -0.913. The minimum absolute atomic E-state index is 0.113. The van der Waals surface area contributed by atoms with Gasteiger partial charge in [0.2, 0.25) is 5.91 Å². The summed E-state index contributed by atoms with van der Waals surface area (Å²) in [4.78, 5) is 47.4. The van der Waals surface area contributed by atoms with Crippen molar-refractivity contribution in [2.75, 3.05) is 24.4 Å². The first-order valence-electron chi connectivity index (χ1n) is 10.8. The maximum absolute atomic E-state index is 12.1. The van der Waals surface area contributed by atoms with Crippen molar-refractivity contribution in [2.24, 2.45) is 0 Å². The molecule has 3 aromatic carbocycles. The number of hydrogen-bond donors (Lipinski definition) is 2. The van der Waals surface area contributed by atoms with Crippen LogP contribution in [0.5, 0.6) is 11.5 Å². The van der Waals surface area contributed by atoms with Gasteiger partial charge in [-0.15, -0.1) is 0 Å². The molecule has 0 aliphatic carbocycles. The van der Waals surface area contributed by atoms with Crippen molar-refractivity contribution in [3.05, 3.63) is 83.4 Å². The van der Waals surface area contributed by atoms with E-state index in [0.717, 1.165) is 0 Å². The molecule has 2 N–H and O–H groups in total. The van der Waals surface area contributed by atoms with Crippen LogP contribution in [0.1, 0.15) is 23.2 Å². The van der Waals surface area contributed by atoms with Gasteiger partial charge in [0.1, 0.15) is 11.5 Å². The van der Waals surface area contributed by atoms with Crippen LogP contribution in [0, 0.1) is 0 Å². The number of esters is 2. The van der Waals surface area contributed by atoms with E-state index < -0.39 is 24.5 Å². The fourth-order valence-electron chi connectivity index (χ4n) is 2.91. The summed E-state index contributed by atoms with van der Waals surface area (Å²) in [6.45, 7) is -0.506. The Labute approximate surface area is 212 Å². The van der Waals surface area contributed by atoms with Crippen LogP contribution in [0.3, 0.4) is 0 Å². The third-order valence-electron chi connectivity index (χ3n) is 4.70. The Morgan fingerprint density at radius 3 is 1.83 bits per heavy atom. The van der Waals surface area contributed by atoms with Gasteiger partial charge in [0, 0.05) is 22.8 Å². The number of anilines is 2. The lowest BCUT2D eigenvalue weighted by Gasteiger charge is -2.09. The van der Waals surface area contributed by atoms with Crippen LogP contribution < -0.4 is 15.4 Å². The van der Waals surface area contributed by atoms with Crippen molar-refractivity contribution in [3.63, 3.8) is 0 Å². The molecule has 186 valence electrons. The zero-order valence-electron chi connectivity index (χ0n) is 19.3. The third kappa shape index (κ3) is 8.44. The minimum atomic E-state index is -0.687. The van der Waals surface area contributed by atoms with E-state index in [1.807, 2.05) is 0 Å². The first kappa shape index (κ1) is 26.2. The molecule has 3 aromatic rings. The van der Waals surface area contributed by atoms with Crippen molar-refractivity contribution >= 4 is 46.7 Å².